The summed E-state index contributed by atoms with van der Waals surface area (Å²) in [5.74, 6) is 0. The van der Waals surface area contributed by atoms with Gasteiger partial charge in [-0.15, -0.1) is 0 Å². The summed E-state index contributed by atoms with van der Waals surface area (Å²) in [4.78, 5) is 1.97. The van der Waals surface area contributed by atoms with Gasteiger partial charge in [0.1, 0.15) is 4.90 Å². The van der Waals surface area contributed by atoms with Gasteiger partial charge in [0.25, 0.3) is 10.1 Å². The lowest BCUT2D eigenvalue weighted by molar-refractivity contribution is 0.482. The summed E-state index contributed by atoms with van der Waals surface area (Å²) in [5.41, 5.74) is 1.57. The van der Waals surface area contributed by atoms with Crippen molar-refractivity contribution in [3.63, 3.8) is 0 Å². The third-order valence-electron chi connectivity index (χ3n) is 2.85. The first-order valence-electron chi connectivity index (χ1n) is 5.52. The molecule has 0 saturated carbocycles. The fourth-order valence-corrected chi connectivity index (χ4v) is 2.69. The largest absolute Gasteiger partial charge is 0.368 e. The molecule has 0 atom stereocenters. The molecular formula is C11H16N2O3S. The van der Waals surface area contributed by atoms with Crippen molar-refractivity contribution >= 4 is 15.8 Å². The summed E-state index contributed by atoms with van der Waals surface area (Å²) in [6.07, 6.45) is 0. The fourth-order valence-electron chi connectivity index (χ4n) is 2.00. The fraction of sp³-hybridized carbons (Fsp3) is 0.455. The molecule has 0 radical (unpaired) electrons. The van der Waals surface area contributed by atoms with Gasteiger partial charge < -0.3 is 10.2 Å². The Hall–Kier alpha value is -1.11. The normalized spacial score (nSPS) is 17.2. The van der Waals surface area contributed by atoms with Gasteiger partial charge in [-0.05, 0) is 24.6 Å². The first-order chi connectivity index (χ1) is 7.98. The zero-order valence-electron chi connectivity index (χ0n) is 9.68. The van der Waals surface area contributed by atoms with Crippen molar-refractivity contribution in [3.8, 4) is 0 Å². The summed E-state index contributed by atoms with van der Waals surface area (Å²) in [7, 11) is -4.16. The smallest absolute Gasteiger partial charge is 0.296 e. The van der Waals surface area contributed by atoms with Crippen molar-refractivity contribution in [2.75, 3.05) is 31.1 Å². The highest BCUT2D eigenvalue weighted by Crippen LogP contribution is 2.26. The molecule has 5 nitrogen and oxygen atoms in total. The van der Waals surface area contributed by atoms with Crippen LogP contribution in [0.4, 0.5) is 5.69 Å². The van der Waals surface area contributed by atoms with Gasteiger partial charge >= 0.3 is 0 Å². The zero-order valence-corrected chi connectivity index (χ0v) is 10.5. The lowest BCUT2D eigenvalue weighted by Gasteiger charge is -2.30. The van der Waals surface area contributed by atoms with E-state index >= 15 is 0 Å². The molecule has 1 saturated heterocycles. The van der Waals surface area contributed by atoms with Crippen molar-refractivity contribution in [2.24, 2.45) is 0 Å². The molecule has 94 valence electrons. The van der Waals surface area contributed by atoms with Gasteiger partial charge in [-0.25, -0.2) is 0 Å². The number of anilines is 1. The Bertz CT molecular complexity index is 507. The standard InChI is InChI=1S/C11H16N2O3S/c1-9-2-3-11(17(14,15)16)10(8-9)13-6-4-12-5-7-13/h2-3,8,12H,4-7H2,1H3,(H,14,15,16). The van der Waals surface area contributed by atoms with E-state index in [9.17, 15) is 13.0 Å². The van der Waals surface area contributed by atoms with E-state index in [1.807, 2.05) is 11.8 Å². The Labute approximate surface area is 101 Å². The van der Waals surface area contributed by atoms with Gasteiger partial charge in [0.05, 0.1) is 5.69 Å². The van der Waals surface area contributed by atoms with E-state index in [1.54, 1.807) is 12.1 Å². The van der Waals surface area contributed by atoms with Gasteiger partial charge in [-0.1, -0.05) is 6.07 Å². The molecule has 2 N–H and O–H groups in total. The Morgan fingerprint density at radius 1 is 1.29 bits per heavy atom. The number of benzene rings is 1. The molecule has 1 fully saturated rings. The monoisotopic (exact) mass is 256 g/mol. The number of nitrogens with one attached hydrogen (secondary N) is 1. The maximum Gasteiger partial charge on any atom is 0.296 e. The van der Waals surface area contributed by atoms with E-state index < -0.39 is 10.1 Å². The maximum absolute atomic E-state index is 11.3. The van der Waals surface area contributed by atoms with E-state index in [2.05, 4.69) is 5.32 Å². The molecule has 0 unspecified atom stereocenters. The Morgan fingerprint density at radius 3 is 2.53 bits per heavy atom. The van der Waals surface area contributed by atoms with Crippen LogP contribution in [-0.4, -0.2) is 39.1 Å². The average molecular weight is 256 g/mol. The second-order valence-corrected chi connectivity index (χ2v) is 5.57. The van der Waals surface area contributed by atoms with E-state index in [1.165, 1.54) is 6.07 Å². The summed E-state index contributed by atoms with van der Waals surface area (Å²) in [6.45, 7) is 5.02. The van der Waals surface area contributed by atoms with Gasteiger partial charge in [0.2, 0.25) is 0 Å². The highest BCUT2D eigenvalue weighted by molar-refractivity contribution is 7.86. The first-order valence-corrected chi connectivity index (χ1v) is 6.96. The van der Waals surface area contributed by atoms with Crippen molar-refractivity contribution in [1.82, 2.24) is 5.32 Å². The van der Waals surface area contributed by atoms with Crippen LogP contribution in [0.2, 0.25) is 0 Å². The van der Waals surface area contributed by atoms with Crippen LogP contribution in [0.15, 0.2) is 23.1 Å². The van der Waals surface area contributed by atoms with Gasteiger partial charge in [-0.3, -0.25) is 4.55 Å². The predicted molar refractivity (Wildman–Crippen MR) is 66.1 cm³/mol. The molecule has 1 aliphatic rings. The number of hydrogen-bond acceptors (Lipinski definition) is 4. The molecule has 1 heterocycles. The summed E-state index contributed by atoms with van der Waals surface area (Å²) >= 11 is 0. The zero-order chi connectivity index (χ0) is 12.5. The van der Waals surface area contributed by atoms with Crippen LogP contribution in [0.5, 0.6) is 0 Å². The van der Waals surface area contributed by atoms with Crippen molar-refractivity contribution < 1.29 is 13.0 Å². The molecule has 0 aliphatic carbocycles. The summed E-state index contributed by atoms with van der Waals surface area (Å²) in [6, 6.07) is 4.95. The molecule has 0 amide bonds. The molecule has 1 aliphatic heterocycles. The van der Waals surface area contributed by atoms with Crippen molar-refractivity contribution in [3.05, 3.63) is 23.8 Å². The molecule has 1 aromatic carbocycles. The van der Waals surface area contributed by atoms with Gasteiger partial charge in [0, 0.05) is 26.2 Å². The molecule has 0 bridgehead atoms. The van der Waals surface area contributed by atoms with E-state index in [0.29, 0.717) is 5.69 Å². The Morgan fingerprint density at radius 2 is 1.94 bits per heavy atom. The SMILES string of the molecule is Cc1ccc(S(=O)(=O)O)c(N2CCNCC2)c1. The average Bonchev–Trinajstić information content (AvgIpc) is 2.28. The molecule has 0 spiro atoms. The minimum Gasteiger partial charge on any atom is -0.368 e. The van der Waals surface area contributed by atoms with Crippen LogP contribution in [0.25, 0.3) is 0 Å². The molecular weight excluding hydrogens is 240 g/mol. The molecule has 2 rings (SSSR count). The highest BCUT2D eigenvalue weighted by atomic mass is 32.2. The minimum absolute atomic E-state index is 0.00926. The lowest BCUT2D eigenvalue weighted by atomic mass is 10.2. The Balaban J connectivity index is 2.46. The van der Waals surface area contributed by atoms with E-state index in [4.69, 9.17) is 0 Å². The summed E-state index contributed by atoms with van der Waals surface area (Å²) in [5, 5.41) is 3.20. The first kappa shape index (κ1) is 12.3. The predicted octanol–water partition coefficient (Wildman–Crippen LogP) is 0.651. The van der Waals surface area contributed by atoms with Gasteiger partial charge in [0.15, 0.2) is 0 Å². The minimum atomic E-state index is -4.16. The van der Waals surface area contributed by atoms with Crippen molar-refractivity contribution in [1.29, 1.82) is 0 Å². The lowest BCUT2D eigenvalue weighted by Crippen LogP contribution is -2.44. The Kier molecular flexibility index (Phi) is 3.37. The van der Waals surface area contributed by atoms with Crippen LogP contribution < -0.4 is 10.2 Å². The molecule has 17 heavy (non-hydrogen) atoms. The highest BCUT2D eigenvalue weighted by Gasteiger charge is 2.21. The van der Waals surface area contributed by atoms with E-state index in [-0.39, 0.29) is 4.90 Å². The molecule has 6 heteroatoms. The maximum atomic E-state index is 11.3. The number of piperazine rings is 1. The molecule has 0 aromatic heterocycles. The number of hydrogen-bond donors (Lipinski definition) is 2. The van der Waals surface area contributed by atoms with Crippen molar-refractivity contribution in [2.45, 2.75) is 11.8 Å². The van der Waals surface area contributed by atoms with E-state index in [0.717, 1.165) is 31.7 Å². The topological polar surface area (TPSA) is 69.6 Å². The second-order valence-electron chi connectivity index (χ2n) is 4.18. The van der Waals surface area contributed by atoms with Crippen LogP contribution in [0.1, 0.15) is 5.56 Å². The second kappa shape index (κ2) is 4.64. The number of rotatable bonds is 2. The third-order valence-corrected chi connectivity index (χ3v) is 3.75. The van der Waals surface area contributed by atoms with Crippen LogP contribution >= 0.6 is 0 Å². The van der Waals surface area contributed by atoms with Crippen LogP contribution in [0, 0.1) is 6.92 Å². The quantitative estimate of drug-likeness (QED) is 0.760. The third kappa shape index (κ3) is 2.77. The van der Waals surface area contributed by atoms with Crippen LogP contribution in [-0.2, 0) is 10.1 Å². The molecule has 1 aromatic rings. The summed E-state index contributed by atoms with van der Waals surface area (Å²) < 4.78 is 31.9. The number of aryl methyl sites for hydroxylation is 1. The number of nitrogens with zero attached hydrogens (tertiary/aromatic N) is 1. The van der Waals surface area contributed by atoms with Crippen LogP contribution in [0.3, 0.4) is 0 Å². The van der Waals surface area contributed by atoms with Gasteiger partial charge in [-0.2, -0.15) is 8.42 Å².